The average Bonchev–Trinajstić information content (AvgIpc) is 2.67. The van der Waals surface area contributed by atoms with Crippen molar-refractivity contribution in [1.29, 1.82) is 0 Å². The van der Waals surface area contributed by atoms with Crippen molar-refractivity contribution in [2.75, 3.05) is 11.9 Å². The summed E-state index contributed by atoms with van der Waals surface area (Å²) < 4.78 is 0. The minimum atomic E-state index is 0.879. The SMILES string of the molecule is C=C/C=C(\C=C/C)c1cc(CC)cc(-c2cccc3c2NCC=C3)c1. The molecule has 1 N–H and O–H groups in total. The van der Waals surface area contributed by atoms with Gasteiger partial charge in [0, 0.05) is 17.8 Å². The van der Waals surface area contributed by atoms with E-state index in [9.17, 15) is 0 Å². The van der Waals surface area contributed by atoms with Crippen LogP contribution in [0, 0.1) is 0 Å². The van der Waals surface area contributed by atoms with Crippen LogP contribution < -0.4 is 5.32 Å². The first-order valence-electron chi connectivity index (χ1n) is 8.90. The predicted octanol–water partition coefficient (Wildman–Crippen LogP) is 6.50. The first kappa shape index (κ1) is 17.0. The lowest BCUT2D eigenvalue weighted by Crippen LogP contribution is -2.06. The first-order chi connectivity index (χ1) is 12.3. The zero-order valence-corrected chi connectivity index (χ0v) is 15.0. The lowest BCUT2D eigenvalue weighted by atomic mass is 9.92. The summed E-state index contributed by atoms with van der Waals surface area (Å²) in [7, 11) is 0. The van der Waals surface area contributed by atoms with Crippen LogP contribution >= 0.6 is 0 Å². The molecule has 0 bridgehead atoms. The van der Waals surface area contributed by atoms with Crippen molar-refractivity contribution in [2.24, 2.45) is 0 Å². The minimum absolute atomic E-state index is 0.879. The molecule has 0 spiro atoms. The van der Waals surface area contributed by atoms with Crippen LogP contribution in [0.3, 0.4) is 0 Å². The Morgan fingerprint density at radius 2 is 2.12 bits per heavy atom. The fraction of sp³-hybridized carbons (Fsp3) is 0.167. The number of hydrogen-bond acceptors (Lipinski definition) is 1. The second-order valence-electron chi connectivity index (χ2n) is 6.18. The van der Waals surface area contributed by atoms with Crippen LogP contribution in [0.1, 0.15) is 30.5 Å². The fourth-order valence-corrected chi connectivity index (χ4v) is 3.27. The third-order valence-corrected chi connectivity index (χ3v) is 4.48. The third kappa shape index (κ3) is 3.66. The highest BCUT2D eigenvalue weighted by Gasteiger charge is 2.12. The van der Waals surface area contributed by atoms with E-state index < -0.39 is 0 Å². The molecule has 1 heterocycles. The van der Waals surface area contributed by atoms with E-state index in [0.717, 1.165) is 13.0 Å². The van der Waals surface area contributed by atoms with Crippen molar-refractivity contribution in [2.45, 2.75) is 20.3 Å². The zero-order chi connectivity index (χ0) is 17.6. The highest BCUT2D eigenvalue weighted by Crippen LogP contribution is 2.35. The smallest absolute Gasteiger partial charge is 0.0495 e. The van der Waals surface area contributed by atoms with Gasteiger partial charge < -0.3 is 5.32 Å². The van der Waals surface area contributed by atoms with Crippen LogP contribution in [0.4, 0.5) is 5.69 Å². The minimum Gasteiger partial charge on any atom is -0.381 e. The van der Waals surface area contributed by atoms with Crippen LogP contribution in [0.25, 0.3) is 22.8 Å². The molecule has 25 heavy (non-hydrogen) atoms. The summed E-state index contributed by atoms with van der Waals surface area (Å²) in [6.45, 7) is 8.99. The molecule has 2 aromatic rings. The molecule has 126 valence electrons. The molecule has 1 aliphatic heterocycles. The second-order valence-corrected chi connectivity index (χ2v) is 6.18. The van der Waals surface area contributed by atoms with Crippen LogP contribution in [0.15, 0.2) is 73.4 Å². The molecule has 0 radical (unpaired) electrons. The molecule has 0 unspecified atom stereocenters. The highest BCUT2D eigenvalue weighted by atomic mass is 14.9. The number of fused-ring (bicyclic) bond motifs is 1. The van der Waals surface area contributed by atoms with Crippen LogP contribution in [-0.2, 0) is 6.42 Å². The van der Waals surface area contributed by atoms with E-state index in [2.05, 4.69) is 85.6 Å². The lowest BCUT2D eigenvalue weighted by molar-refractivity contribution is 1.14. The second kappa shape index (κ2) is 7.85. The first-order valence-corrected chi connectivity index (χ1v) is 8.90. The van der Waals surface area contributed by atoms with Crippen LogP contribution in [-0.4, -0.2) is 6.54 Å². The van der Waals surface area contributed by atoms with E-state index >= 15 is 0 Å². The van der Waals surface area contributed by atoms with Gasteiger partial charge in [-0.1, -0.05) is 80.3 Å². The van der Waals surface area contributed by atoms with Gasteiger partial charge in [-0.05, 0) is 47.2 Å². The number of benzene rings is 2. The van der Waals surface area contributed by atoms with E-state index in [4.69, 9.17) is 0 Å². The summed E-state index contributed by atoms with van der Waals surface area (Å²) >= 11 is 0. The number of allylic oxidation sites excluding steroid dienone is 5. The van der Waals surface area contributed by atoms with Crippen molar-refractivity contribution in [3.63, 3.8) is 0 Å². The van der Waals surface area contributed by atoms with Crippen molar-refractivity contribution in [3.8, 4) is 11.1 Å². The largest absolute Gasteiger partial charge is 0.381 e. The molecule has 2 aromatic carbocycles. The van der Waals surface area contributed by atoms with E-state index in [1.807, 2.05) is 13.0 Å². The molecule has 0 aromatic heterocycles. The number of anilines is 1. The summed E-state index contributed by atoms with van der Waals surface area (Å²) in [5.74, 6) is 0. The molecule has 0 aliphatic carbocycles. The van der Waals surface area contributed by atoms with Gasteiger partial charge in [-0.25, -0.2) is 0 Å². The summed E-state index contributed by atoms with van der Waals surface area (Å²) in [6, 6.07) is 13.4. The van der Waals surface area contributed by atoms with Gasteiger partial charge in [-0.3, -0.25) is 0 Å². The molecule has 1 heteroatoms. The van der Waals surface area contributed by atoms with Gasteiger partial charge in [0.1, 0.15) is 0 Å². The van der Waals surface area contributed by atoms with Crippen molar-refractivity contribution >= 4 is 17.3 Å². The Bertz CT molecular complexity index is 866. The molecule has 0 amide bonds. The molecule has 0 saturated carbocycles. The predicted molar refractivity (Wildman–Crippen MR) is 112 cm³/mol. The standard InChI is InChI=1S/C24H25N/c1-4-9-19(10-5-2)21-15-18(6-3)16-22(17-21)23-13-7-11-20-12-8-14-25-24(20)23/h4-5,7-13,15-17,25H,1,6,14H2,2-3H3/b10-5-,19-9+. The normalized spacial score (nSPS) is 13.6. The van der Waals surface area contributed by atoms with E-state index in [1.54, 1.807) is 0 Å². The summed E-state index contributed by atoms with van der Waals surface area (Å²) in [4.78, 5) is 0. The molecule has 0 saturated heterocycles. The molecule has 0 atom stereocenters. The van der Waals surface area contributed by atoms with E-state index in [1.165, 1.54) is 39.1 Å². The number of para-hydroxylation sites is 1. The van der Waals surface area contributed by atoms with Gasteiger partial charge in [-0.15, -0.1) is 0 Å². The summed E-state index contributed by atoms with van der Waals surface area (Å²) in [6.07, 6.45) is 13.5. The topological polar surface area (TPSA) is 12.0 Å². The molecule has 0 fully saturated rings. The van der Waals surface area contributed by atoms with Gasteiger partial charge in [0.2, 0.25) is 0 Å². The van der Waals surface area contributed by atoms with Gasteiger partial charge >= 0.3 is 0 Å². The highest BCUT2D eigenvalue weighted by molar-refractivity contribution is 5.88. The molecular formula is C24H25N. The van der Waals surface area contributed by atoms with Gasteiger partial charge in [-0.2, -0.15) is 0 Å². The Morgan fingerprint density at radius 3 is 2.88 bits per heavy atom. The Hall–Kier alpha value is -2.80. The Balaban J connectivity index is 2.18. The monoisotopic (exact) mass is 327 g/mol. The van der Waals surface area contributed by atoms with Gasteiger partial charge in [0.15, 0.2) is 0 Å². The third-order valence-electron chi connectivity index (χ3n) is 4.48. The zero-order valence-electron chi connectivity index (χ0n) is 15.0. The number of aryl methyl sites for hydroxylation is 1. The summed E-state index contributed by atoms with van der Waals surface area (Å²) in [5, 5.41) is 3.53. The number of hydrogen-bond donors (Lipinski definition) is 1. The maximum Gasteiger partial charge on any atom is 0.0495 e. The van der Waals surface area contributed by atoms with Gasteiger partial charge in [0.25, 0.3) is 0 Å². The quantitative estimate of drug-likeness (QED) is 0.618. The van der Waals surface area contributed by atoms with E-state index in [-0.39, 0.29) is 0 Å². The number of rotatable bonds is 5. The maximum absolute atomic E-state index is 3.86. The van der Waals surface area contributed by atoms with Crippen LogP contribution in [0.2, 0.25) is 0 Å². The number of nitrogens with one attached hydrogen (secondary N) is 1. The van der Waals surface area contributed by atoms with Crippen LogP contribution in [0.5, 0.6) is 0 Å². The maximum atomic E-state index is 3.86. The average molecular weight is 327 g/mol. The van der Waals surface area contributed by atoms with Crippen molar-refractivity contribution in [3.05, 3.63) is 90.0 Å². The van der Waals surface area contributed by atoms with Crippen molar-refractivity contribution in [1.82, 2.24) is 0 Å². The lowest BCUT2D eigenvalue weighted by Gasteiger charge is -2.19. The van der Waals surface area contributed by atoms with E-state index in [0.29, 0.717) is 0 Å². The molecule has 1 nitrogen and oxygen atoms in total. The molecular weight excluding hydrogens is 302 g/mol. The fourth-order valence-electron chi connectivity index (χ4n) is 3.27. The Kier molecular flexibility index (Phi) is 5.35. The Morgan fingerprint density at radius 1 is 1.24 bits per heavy atom. The van der Waals surface area contributed by atoms with Gasteiger partial charge in [0.05, 0.1) is 0 Å². The summed E-state index contributed by atoms with van der Waals surface area (Å²) in [5.41, 5.74) is 8.76. The van der Waals surface area contributed by atoms with Crippen molar-refractivity contribution < 1.29 is 0 Å². The Labute approximate surface area is 151 Å². The molecule has 3 rings (SSSR count). The molecule has 1 aliphatic rings.